The Morgan fingerprint density at radius 1 is 1.35 bits per heavy atom. The smallest absolute Gasteiger partial charge is 0.122 e. The van der Waals surface area contributed by atoms with Gasteiger partial charge in [-0.25, -0.2) is 0 Å². The van der Waals surface area contributed by atoms with Crippen LogP contribution in [0.15, 0.2) is 22.8 Å². The van der Waals surface area contributed by atoms with Crippen LogP contribution in [-0.4, -0.2) is 43.8 Å². The monoisotopic (exact) mass is 236 g/mol. The quantitative estimate of drug-likeness (QED) is 0.838. The lowest BCUT2D eigenvalue weighted by Crippen LogP contribution is -2.48. The zero-order chi connectivity index (χ0) is 11.5. The van der Waals surface area contributed by atoms with Crippen molar-refractivity contribution in [3.63, 3.8) is 0 Å². The van der Waals surface area contributed by atoms with Gasteiger partial charge in [-0.3, -0.25) is 4.90 Å². The number of hydrogen-bond acceptors (Lipinski definition) is 4. The van der Waals surface area contributed by atoms with Gasteiger partial charge in [0.1, 0.15) is 5.76 Å². The van der Waals surface area contributed by atoms with Crippen LogP contribution < -0.4 is 5.32 Å². The van der Waals surface area contributed by atoms with Crippen molar-refractivity contribution in [1.82, 2.24) is 10.2 Å². The van der Waals surface area contributed by atoms with Crippen molar-refractivity contribution in [1.29, 1.82) is 0 Å². The summed E-state index contributed by atoms with van der Waals surface area (Å²) in [6.07, 6.45) is 4.39. The molecule has 4 heteroatoms. The van der Waals surface area contributed by atoms with Gasteiger partial charge in [0.15, 0.2) is 0 Å². The van der Waals surface area contributed by atoms with Crippen LogP contribution >= 0.6 is 0 Å². The van der Waals surface area contributed by atoms with Crippen LogP contribution in [0.1, 0.15) is 24.6 Å². The van der Waals surface area contributed by atoms with Crippen molar-refractivity contribution in [3.8, 4) is 0 Å². The van der Waals surface area contributed by atoms with Crippen molar-refractivity contribution in [3.05, 3.63) is 24.2 Å². The van der Waals surface area contributed by atoms with Gasteiger partial charge in [0, 0.05) is 6.54 Å². The van der Waals surface area contributed by atoms with Gasteiger partial charge in [-0.1, -0.05) is 0 Å². The zero-order valence-corrected chi connectivity index (χ0v) is 10.1. The highest BCUT2D eigenvalue weighted by molar-refractivity contribution is 5.06. The molecule has 1 atom stereocenters. The highest BCUT2D eigenvalue weighted by Gasteiger charge is 2.27. The van der Waals surface area contributed by atoms with E-state index in [1.54, 1.807) is 6.26 Å². The Bertz CT molecular complexity index is 329. The lowest BCUT2D eigenvalue weighted by Gasteiger charge is -2.31. The standard InChI is InChI=1S/C13H20N2O2/c1-2-6-15(5-1)12(13-4-3-7-17-13)8-14-11-9-16-10-11/h3-4,7,11-12,14H,1-2,5-6,8-10H2. The van der Waals surface area contributed by atoms with Crippen LogP contribution in [0.4, 0.5) is 0 Å². The predicted molar refractivity (Wildman–Crippen MR) is 64.9 cm³/mol. The lowest BCUT2D eigenvalue weighted by molar-refractivity contribution is -0.00811. The number of hydrogen-bond donors (Lipinski definition) is 1. The van der Waals surface area contributed by atoms with Gasteiger partial charge >= 0.3 is 0 Å². The van der Waals surface area contributed by atoms with Crippen molar-refractivity contribution in [2.45, 2.75) is 24.9 Å². The molecule has 1 N–H and O–H groups in total. The van der Waals surface area contributed by atoms with E-state index in [0.29, 0.717) is 12.1 Å². The van der Waals surface area contributed by atoms with Crippen LogP contribution in [0.3, 0.4) is 0 Å². The van der Waals surface area contributed by atoms with Gasteiger partial charge in [0.2, 0.25) is 0 Å². The van der Waals surface area contributed by atoms with E-state index in [1.165, 1.54) is 25.9 Å². The van der Waals surface area contributed by atoms with E-state index in [1.807, 2.05) is 6.07 Å². The number of nitrogens with one attached hydrogen (secondary N) is 1. The van der Waals surface area contributed by atoms with Crippen LogP contribution in [0.2, 0.25) is 0 Å². The van der Waals surface area contributed by atoms with Gasteiger partial charge in [-0.05, 0) is 38.1 Å². The first kappa shape index (κ1) is 11.3. The van der Waals surface area contributed by atoms with E-state index in [-0.39, 0.29) is 0 Å². The number of rotatable bonds is 5. The summed E-state index contributed by atoms with van der Waals surface area (Å²) < 4.78 is 10.8. The average Bonchev–Trinajstić information content (AvgIpc) is 2.94. The first-order valence-electron chi connectivity index (χ1n) is 6.52. The van der Waals surface area contributed by atoms with Crippen molar-refractivity contribution in [2.75, 3.05) is 32.8 Å². The summed E-state index contributed by atoms with van der Waals surface area (Å²) in [7, 11) is 0. The fourth-order valence-corrected chi connectivity index (χ4v) is 2.58. The highest BCUT2D eigenvalue weighted by atomic mass is 16.5. The van der Waals surface area contributed by atoms with Crippen LogP contribution in [0.5, 0.6) is 0 Å². The summed E-state index contributed by atoms with van der Waals surface area (Å²) in [6.45, 7) is 5.04. The largest absolute Gasteiger partial charge is 0.468 e. The molecule has 3 heterocycles. The minimum absolute atomic E-state index is 0.382. The van der Waals surface area contributed by atoms with Gasteiger partial charge in [0.25, 0.3) is 0 Å². The molecule has 1 aromatic heterocycles. The van der Waals surface area contributed by atoms with Gasteiger partial charge in [-0.2, -0.15) is 0 Å². The molecule has 2 aliphatic heterocycles. The molecule has 0 spiro atoms. The molecule has 0 bridgehead atoms. The molecule has 1 unspecified atom stereocenters. The third kappa shape index (κ3) is 2.54. The second kappa shape index (κ2) is 5.21. The molecule has 17 heavy (non-hydrogen) atoms. The fraction of sp³-hybridized carbons (Fsp3) is 0.692. The maximum Gasteiger partial charge on any atom is 0.122 e. The summed E-state index contributed by atoms with van der Waals surface area (Å²) in [5.41, 5.74) is 0. The summed E-state index contributed by atoms with van der Waals surface area (Å²) in [4.78, 5) is 2.52. The Hall–Kier alpha value is -0.840. The molecule has 0 radical (unpaired) electrons. The fourth-order valence-electron chi connectivity index (χ4n) is 2.58. The highest BCUT2D eigenvalue weighted by Crippen LogP contribution is 2.25. The predicted octanol–water partition coefficient (Wildman–Crippen LogP) is 1.40. The third-order valence-corrected chi connectivity index (χ3v) is 3.69. The first-order valence-corrected chi connectivity index (χ1v) is 6.52. The molecule has 2 aliphatic rings. The minimum atomic E-state index is 0.382. The maximum atomic E-state index is 5.58. The second-order valence-electron chi connectivity index (χ2n) is 4.92. The molecule has 0 amide bonds. The van der Waals surface area contributed by atoms with E-state index >= 15 is 0 Å². The molecule has 0 aromatic carbocycles. The van der Waals surface area contributed by atoms with Crippen LogP contribution in [-0.2, 0) is 4.74 Å². The Labute approximate surface area is 102 Å². The summed E-state index contributed by atoms with van der Waals surface area (Å²) in [5, 5.41) is 3.56. The Balaban J connectivity index is 1.62. The molecule has 0 aliphatic carbocycles. The van der Waals surface area contributed by atoms with Crippen molar-refractivity contribution in [2.24, 2.45) is 0 Å². The number of furan rings is 1. The van der Waals surface area contributed by atoms with Gasteiger partial charge in [-0.15, -0.1) is 0 Å². The van der Waals surface area contributed by atoms with Crippen LogP contribution in [0.25, 0.3) is 0 Å². The molecule has 2 saturated heterocycles. The molecule has 2 fully saturated rings. The molecule has 1 aromatic rings. The van der Waals surface area contributed by atoms with Gasteiger partial charge < -0.3 is 14.5 Å². The molecule has 4 nitrogen and oxygen atoms in total. The van der Waals surface area contributed by atoms with Gasteiger partial charge in [0.05, 0.1) is 31.6 Å². The van der Waals surface area contributed by atoms with E-state index in [9.17, 15) is 0 Å². The normalized spacial score (nSPS) is 23.8. The molecule has 94 valence electrons. The Morgan fingerprint density at radius 2 is 2.18 bits per heavy atom. The van der Waals surface area contributed by atoms with Crippen molar-refractivity contribution < 1.29 is 9.15 Å². The number of likely N-dealkylation sites (tertiary alicyclic amines) is 1. The zero-order valence-electron chi connectivity index (χ0n) is 10.1. The number of nitrogens with zero attached hydrogens (tertiary/aromatic N) is 1. The Kier molecular flexibility index (Phi) is 3.45. The van der Waals surface area contributed by atoms with Crippen molar-refractivity contribution >= 4 is 0 Å². The molecular weight excluding hydrogens is 216 g/mol. The van der Waals surface area contributed by atoms with E-state index in [2.05, 4.69) is 16.3 Å². The first-order chi connectivity index (χ1) is 8.43. The number of ether oxygens (including phenoxy) is 1. The average molecular weight is 236 g/mol. The topological polar surface area (TPSA) is 37.6 Å². The van der Waals surface area contributed by atoms with E-state index in [0.717, 1.165) is 25.5 Å². The van der Waals surface area contributed by atoms with E-state index < -0.39 is 0 Å². The molecule has 0 saturated carbocycles. The summed E-state index contributed by atoms with van der Waals surface area (Å²) >= 11 is 0. The third-order valence-electron chi connectivity index (χ3n) is 3.69. The maximum absolute atomic E-state index is 5.58. The summed E-state index contributed by atoms with van der Waals surface area (Å²) in [6, 6.07) is 4.98. The van der Waals surface area contributed by atoms with Crippen LogP contribution in [0, 0.1) is 0 Å². The summed E-state index contributed by atoms with van der Waals surface area (Å²) in [5.74, 6) is 1.08. The van der Waals surface area contributed by atoms with E-state index in [4.69, 9.17) is 9.15 Å². The molecular formula is C13H20N2O2. The minimum Gasteiger partial charge on any atom is -0.468 e. The second-order valence-corrected chi connectivity index (χ2v) is 4.92. The SMILES string of the molecule is c1coc(C(CNC2COC2)N2CCCC2)c1. The lowest BCUT2D eigenvalue weighted by atomic mass is 10.1. The Morgan fingerprint density at radius 3 is 2.76 bits per heavy atom. The molecule has 3 rings (SSSR count).